The van der Waals surface area contributed by atoms with Crippen LogP contribution < -0.4 is 10.6 Å². The third-order valence-electron chi connectivity index (χ3n) is 4.32. The smallest absolute Gasteiger partial charge is 0.220 e. The van der Waals surface area contributed by atoms with Crippen LogP contribution in [0.15, 0.2) is 0 Å². The van der Waals surface area contributed by atoms with Gasteiger partial charge in [0.2, 0.25) is 5.91 Å². The van der Waals surface area contributed by atoms with E-state index in [1.165, 1.54) is 12.8 Å². The molecule has 100 valence electrons. The van der Waals surface area contributed by atoms with Gasteiger partial charge in [-0.2, -0.15) is 0 Å². The van der Waals surface area contributed by atoms with Crippen LogP contribution in [0.5, 0.6) is 0 Å². The molecule has 1 atom stereocenters. The molecule has 3 heteroatoms. The van der Waals surface area contributed by atoms with Crippen molar-refractivity contribution < 1.29 is 4.79 Å². The number of amides is 1. The van der Waals surface area contributed by atoms with Gasteiger partial charge >= 0.3 is 0 Å². The summed E-state index contributed by atoms with van der Waals surface area (Å²) in [5, 5.41) is 6.67. The van der Waals surface area contributed by atoms with Crippen LogP contribution in [0.3, 0.4) is 0 Å². The Morgan fingerprint density at radius 1 is 1.29 bits per heavy atom. The van der Waals surface area contributed by atoms with Crippen LogP contribution in [0.2, 0.25) is 0 Å². The van der Waals surface area contributed by atoms with E-state index in [9.17, 15) is 4.79 Å². The Morgan fingerprint density at radius 3 is 2.41 bits per heavy atom. The normalized spacial score (nSPS) is 20.5. The minimum Gasteiger partial charge on any atom is -0.351 e. The highest BCUT2D eigenvalue weighted by Gasteiger charge is 2.26. The summed E-state index contributed by atoms with van der Waals surface area (Å²) >= 11 is 0. The lowest BCUT2D eigenvalue weighted by molar-refractivity contribution is -0.123. The highest BCUT2D eigenvalue weighted by Crippen LogP contribution is 2.20. The quantitative estimate of drug-likeness (QED) is 0.718. The first-order valence-corrected chi connectivity index (χ1v) is 7.20. The zero-order valence-electron chi connectivity index (χ0n) is 11.6. The summed E-state index contributed by atoms with van der Waals surface area (Å²) in [6.07, 6.45) is 7.20. The monoisotopic (exact) mass is 240 g/mol. The molecule has 1 saturated heterocycles. The van der Waals surface area contributed by atoms with Gasteiger partial charge in [-0.3, -0.25) is 4.79 Å². The summed E-state index contributed by atoms with van der Waals surface area (Å²) in [5.74, 6) is 0.226. The molecular weight excluding hydrogens is 212 g/mol. The van der Waals surface area contributed by atoms with Gasteiger partial charge in [0.05, 0.1) is 0 Å². The molecule has 1 aliphatic heterocycles. The highest BCUT2D eigenvalue weighted by atomic mass is 16.1. The topological polar surface area (TPSA) is 41.1 Å². The third kappa shape index (κ3) is 4.30. The lowest BCUT2D eigenvalue weighted by atomic mass is 9.89. The molecule has 0 saturated carbocycles. The Labute approximate surface area is 106 Å². The average Bonchev–Trinajstić information content (AvgIpc) is 2.87. The fraction of sp³-hybridized carbons (Fsp3) is 0.929. The molecule has 1 rings (SSSR count). The van der Waals surface area contributed by atoms with Crippen LogP contribution in [0, 0.1) is 0 Å². The molecule has 1 amide bonds. The molecule has 0 spiro atoms. The Kier molecular flexibility index (Phi) is 5.96. The molecule has 1 aliphatic rings. The molecule has 3 nitrogen and oxygen atoms in total. The second kappa shape index (κ2) is 7.00. The van der Waals surface area contributed by atoms with Crippen molar-refractivity contribution in [1.29, 1.82) is 0 Å². The fourth-order valence-corrected chi connectivity index (χ4v) is 2.68. The van der Waals surface area contributed by atoms with Crippen LogP contribution >= 0.6 is 0 Å². The standard InChI is InChI=1S/C14H28N2O/c1-4-14(5-2,6-3)16-13(17)10-9-12-8-7-11-15-12/h12,15H,4-11H2,1-3H3,(H,16,17). The number of carbonyl (C=O) groups is 1. The van der Waals surface area contributed by atoms with Crippen molar-refractivity contribution in [1.82, 2.24) is 10.6 Å². The number of rotatable bonds is 7. The number of hydrogen-bond donors (Lipinski definition) is 2. The zero-order chi connectivity index (χ0) is 12.7. The first-order chi connectivity index (χ1) is 8.15. The van der Waals surface area contributed by atoms with Crippen LogP contribution in [0.4, 0.5) is 0 Å². The van der Waals surface area contributed by atoms with Gasteiger partial charge in [0.25, 0.3) is 0 Å². The van der Waals surface area contributed by atoms with Crippen molar-refractivity contribution in [2.75, 3.05) is 6.54 Å². The Balaban J connectivity index is 2.31. The van der Waals surface area contributed by atoms with Gasteiger partial charge in [-0.1, -0.05) is 20.8 Å². The van der Waals surface area contributed by atoms with Crippen molar-refractivity contribution in [3.05, 3.63) is 0 Å². The van der Waals surface area contributed by atoms with Crippen molar-refractivity contribution in [3.8, 4) is 0 Å². The van der Waals surface area contributed by atoms with Gasteiger partial charge in [-0.25, -0.2) is 0 Å². The van der Waals surface area contributed by atoms with E-state index in [-0.39, 0.29) is 11.4 Å². The molecule has 0 aromatic heterocycles. The van der Waals surface area contributed by atoms with Gasteiger partial charge < -0.3 is 10.6 Å². The van der Waals surface area contributed by atoms with Crippen molar-refractivity contribution in [2.24, 2.45) is 0 Å². The third-order valence-corrected chi connectivity index (χ3v) is 4.32. The van der Waals surface area contributed by atoms with Gasteiger partial charge in [0.15, 0.2) is 0 Å². The van der Waals surface area contributed by atoms with Crippen LogP contribution in [-0.2, 0) is 4.79 Å². The highest BCUT2D eigenvalue weighted by molar-refractivity contribution is 5.76. The van der Waals surface area contributed by atoms with E-state index in [0.717, 1.165) is 32.2 Å². The van der Waals surface area contributed by atoms with Crippen LogP contribution in [-0.4, -0.2) is 24.0 Å². The van der Waals surface area contributed by atoms with Gasteiger partial charge in [0.1, 0.15) is 0 Å². The second-order valence-corrected chi connectivity index (χ2v) is 5.22. The summed E-state index contributed by atoms with van der Waals surface area (Å²) in [7, 11) is 0. The first-order valence-electron chi connectivity index (χ1n) is 7.20. The van der Waals surface area contributed by atoms with Gasteiger partial charge in [-0.05, 0) is 45.1 Å². The molecule has 0 aromatic carbocycles. The lowest BCUT2D eigenvalue weighted by Crippen LogP contribution is -2.47. The molecule has 1 fully saturated rings. The largest absolute Gasteiger partial charge is 0.351 e. The minimum absolute atomic E-state index is 0.0280. The Hall–Kier alpha value is -0.570. The molecular formula is C14H28N2O. The van der Waals surface area contributed by atoms with Crippen molar-refractivity contribution in [2.45, 2.75) is 77.3 Å². The number of nitrogens with one attached hydrogen (secondary N) is 2. The second-order valence-electron chi connectivity index (χ2n) is 5.22. The molecule has 0 aliphatic carbocycles. The molecule has 0 bridgehead atoms. The molecule has 1 heterocycles. The fourth-order valence-electron chi connectivity index (χ4n) is 2.68. The predicted molar refractivity (Wildman–Crippen MR) is 72.0 cm³/mol. The predicted octanol–water partition coefficient (Wildman–Crippen LogP) is 2.60. The summed E-state index contributed by atoms with van der Waals surface area (Å²) in [4.78, 5) is 12.0. The van der Waals surface area contributed by atoms with Crippen molar-refractivity contribution in [3.63, 3.8) is 0 Å². The summed E-state index contributed by atoms with van der Waals surface area (Å²) in [6.45, 7) is 7.60. The lowest BCUT2D eigenvalue weighted by Gasteiger charge is -2.32. The molecule has 0 radical (unpaired) electrons. The van der Waals surface area contributed by atoms with E-state index in [1.807, 2.05) is 0 Å². The number of hydrogen-bond acceptors (Lipinski definition) is 2. The number of carbonyl (C=O) groups excluding carboxylic acids is 1. The van der Waals surface area contributed by atoms with Gasteiger partial charge in [-0.15, -0.1) is 0 Å². The van der Waals surface area contributed by atoms with Crippen LogP contribution in [0.1, 0.15) is 65.7 Å². The van der Waals surface area contributed by atoms with E-state index in [2.05, 4.69) is 31.4 Å². The molecule has 2 N–H and O–H groups in total. The van der Waals surface area contributed by atoms with E-state index in [1.54, 1.807) is 0 Å². The first kappa shape index (κ1) is 14.5. The van der Waals surface area contributed by atoms with E-state index >= 15 is 0 Å². The van der Waals surface area contributed by atoms with Crippen LogP contribution in [0.25, 0.3) is 0 Å². The maximum Gasteiger partial charge on any atom is 0.220 e. The molecule has 0 aromatic rings. The average molecular weight is 240 g/mol. The Morgan fingerprint density at radius 2 is 1.94 bits per heavy atom. The zero-order valence-corrected chi connectivity index (χ0v) is 11.6. The van der Waals surface area contributed by atoms with E-state index < -0.39 is 0 Å². The van der Waals surface area contributed by atoms with E-state index in [0.29, 0.717) is 12.5 Å². The minimum atomic E-state index is 0.0280. The molecule has 17 heavy (non-hydrogen) atoms. The maximum atomic E-state index is 12.0. The molecule has 1 unspecified atom stereocenters. The maximum absolute atomic E-state index is 12.0. The summed E-state index contributed by atoms with van der Waals surface area (Å²) < 4.78 is 0. The SMILES string of the molecule is CCC(CC)(CC)NC(=O)CCC1CCCN1. The van der Waals surface area contributed by atoms with Crippen molar-refractivity contribution >= 4 is 5.91 Å². The summed E-state index contributed by atoms with van der Waals surface area (Å²) in [5.41, 5.74) is 0.0280. The summed E-state index contributed by atoms with van der Waals surface area (Å²) in [6, 6.07) is 0.569. The van der Waals surface area contributed by atoms with Gasteiger partial charge in [0, 0.05) is 18.0 Å². The van der Waals surface area contributed by atoms with E-state index in [4.69, 9.17) is 0 Å². The Bertz CT molecular complexity index is 222.